The van der Waals surface area contributed by atoms with Crippen molar-refractivity contribution in [3.8, 4) is 17.2 Å². The van der Waals surface area contributed by atoms with Crippen LogP contribution in [-0.4, -0.2) is 25.8 Å². The number of halogens is 1. The molecule has 2 aromatic rings. The topological polar surface area (TPSA) is 78.1 Å². The molecule has 0 heterocycles. The predicted octanol–water partition coefficient (Wildman–Crippen LogP) is 3.95. The number of ether oxygens (including phenoxy) is 3. The lowest BCUT2D eigenvalue weighted by atomic mass is 10.2. The normalized spacial score (nSPS) is 11.2. The van der Waals surface area contributed by atoms with Gasteiger partial charge in [0.05, 0.1) is 32.1 Å². The van der Waals surface area contributed by atoms with E-state index in [1.807, 2.05) is 26.0 Å². The van der Waals surface area contributed by atoms with Crippen LogP contribution in [-0.2, 0) is 6.54 Å². The minimum atomic E-state index is -0.417. The van der Waals surface area contributed by atoms with Crippen LogP contribution >= 0.6 is 0 Å². The zero-order chi connectivity index (χ0) is 19.6. The van der Waals surface area contributed by atoms with Crippen LogP contribution in [0.2, 0.25) is 0 Å². The number of nitrogens with two attached hydrogens (primary N) is 1. The van der Waals surface area contributed by atoms with Crippen LogP contribution in [0.15, 0.2) is 41.4 Å². The van der Waals surface area contributed by atoms with Gasteiger partial charge in [-0.3, -0.25) is 0 Å². The Bertz CT molecular complexity index is 781. The molecule has 0 aliphatic rings. The van der Waals surface area contributed by atoms with E-state index in [0.717, 1.165) is 0 Å². The first kappa shape index (κ1) is 20.4. The molecule has 0 spiro atoms. The van der Waals surface area contributed by atoms with Gasteiger partial charge >= 0.3 is 0 Å². The molecule has 0 saturated carbocycles. The standard InChI is InChI=1S/C20H26FN3O3/c1-4-25-15-8-10-19(27-6-3)17(12-15)24-20(22)23-13-14-7-9-18(26-5-2)16(21)11-14/h7-12H,4-6,13H2,1-3H3,(H3,22,23,24). The molecule has 0 aromatic heterocycles. The van der Waals surface area contributed by atoms with Crippen LogP contribution in [0, 0.1) is 5.82 Å². The molecule has 6 nitrogen and oxygen atoms in total. The molecule has 0 radical (unpaired) electrons. The summed E-state index contributed by atoms with van der Waals surface area (Å²) in [5.41, 5.74) is 7.33. The molecule has 3 N–H and O–H groups in total. The summed E-state index contributed by atoms with van der Waals surface area (Å²) in [7, 11) is 0. The summed E-state index contributed by atoms with van der Waals surface area (Å²) in [6, 6.07) is 10.2. The summed E-state index contributed by atoms with van der Waals surface area (Å²) in [5.74, 6) is 1.35. The first-order valence-corrected chi connectivity index (χ1v) is 8.95. The quantitative estimate of drug-likeness (QED) is 0.513. The summed E-state index contributed by atoms with van der Waals surface area (Å²) in [5, 5.41) is 3.01. The fourth-order valence-corrected chi connectivity index (χ4v) is 2.41. The molecule has 0 aliphatic heterocycles. The lowest BCUT2D eigenvalue weighted by Crippen LogP contribution is -2.23. The maximum atomic E-state index is 13.9. The largest absolute Gasteiger partial charge is 0.494 e. The number of nitrogens with one attached hydrogen (secondary N) is 1. The summed E-state index contributed by atoms with van der Waals surface area (Å²) in [6.07, 6.45) is 0. The van der Waals surface area contributed by atoms with E-state index >= 15 is 0 Å². The second-order valence-corrected chi connectivity index (χ2v) is 5.55. The second kappa shape index (κ2) is 10.3. The average molecular weight is 375 g/mol. The van der Waals surface area contributed by atoms with Crippen molar-refractivity contribution in [2.75, 3.05) is 25.1 Å². The van der Waals surface area contributed by atoms with E-state index in [1.54, 1.807) is 25.1 Å². The Morgan fingerprint density at radius 1 is 0.963 bits per heavy atom. The van der Waals surface area contributed by atoms with E-state index in [1.165, 1.54) is 6.07 Å². The number of guanidine groups is 1. The van der Waals surface area contributed by atoms with Crippen molar-refractivity contribution in [3.05, 3.63) is 47.8 Å². The maximum Gasteiger partial charge on any atom is 0.193 e. The molecular formula is C20H26FN3O3. The highest BCUT2D eigenvalue weighted by atomic mass is 19.1. The molecule has 0 fully saturated rings. The number of nitrogens with zero attached hydrogens (tertiary/aromatic N) is 1. The van der Waals surface area contributed by atoms with Gasteiger partial charge in [-0.1, -0.05) is 6.07 Å². The molecular weight excluding hydrogens is 349 g/mol. The number of hydrogen-bond donors (Lipinski definition) is 2. The van der Waals surface area contributed by atoms with Gasteiger partial charge in [-0.05, 0) is 50.6 Å². The van der Waals surface area contributed by atoms with Crippen molar-refractivity contribution in [2.24, 2.45) is 10.7 Å². The highest BCUT2D eigenvalue weighted by molar-refractivity contribution is 5.94. The Labute approximate surface area is 159 Å². The van der Waals surface area contributed by atoms with Crippen LogP contribution in [0.3, 0.4) is 0 Å². The zero-order valence-electron chi connectivity index (χ0n) is 15.9. The molecule has 146 valence electrons. The van der Waals surface area contributed by atoms with E-state index < -0.39 is 5.82 Å². The molecule has 0 bridgehead atoms. The van der Waals surface area contributed by atoms with Crippen molar-refractivity contribution < 1.29 is 18.6 Å². The molecule has 0 saturated heterocycles. The lowest BCUT2D eigenvalue weighted by molar-refractivity contribution is 0.321. The van der Waals surface area contributed by atoms with E-state index in [9.17, 15) is 4.39 Å². The number of anilines is 1. The Morgan fingerprint density at radius 2 is 1.63 bits per heavy atom. The van der Waals surface area contributed by atoms with Crippen LogP contribution in [0.4, 0.5) is 10.1 Å². The lowest BCUT2D eigenvalue weighted by Gasteiger charge is -2.14. The Morgan fingerprint density at radius 3 is 2.30 bits per heavy atom. The number of aliphatic imine (C=N–C) groups is 1. The van der Waals surface area contributed by atoms with Crippen molar-refractivity contribution >= 4 is 11.6 Å². The van der Waals surface area contributed by atoms with Gasteiger partial charge in [0.25, 0.3) is 0 Å². The van der Waals surface area contributed by atoms with Gasteiger partial charge in [-0.25, -0.2) is 9.38 Å². The third-order valence-electron chi connectivity index (χ3n) is 3.55. The van der Waals surface area contributed by atoms with E-state index in [-0.39, 0.29) is 18.3 Å². The van der Waals surface area contributed by atoms with Crippen LogP contribution in [0.1, 0.15) is 26.3 Å². The highest BCUT2D eigenvalue weighted by Gasteiger charge is 2.08. The zero-order valence-corrected chi connectivity index (χ0v) is 15.9. The Kier molecular flexibility index (Phi) is 7.73. The third-order valence-corrected chi connectivity index (χ3v) is 3.55. The van der Waals surface area contributed by atoms with Crippen molar-refractivity contribution in [1.82, 2.24) is 0 Å². The summed E-state index contributed by atoms with van der Waals surface area (Å²) >= 11 is 0. The number of rotatable bonds is 9. The van der Waals surface area contributed by atoms with Crippen LogP contribution in [0.25, 0.3) is 0 Å². The van der Waals surface area contributed by atoms with Gasteiger partial charge in [0, 0.05) is 6.07 Å². The second-order valence-electron chi connectivity index (χ2n) is 5.55. The summed E-state index contributed by atoms with van der Waals surface area (Å²) in [4.78, 5) is 4.26. The average Bonchev–Trinajstić information content (AvgIpc) is 2.65. The smallest absolute Gasteiger partial charge is 0.193 e. The van der Waals surface area contributed by atoms with Crippen molar-refractivity contribution in [3.63, 3.8) is 0 Å². The first-order chi connectivity index (χ1) is 13.1. The van der Waals surface area contributed by atoms with Crippen molar-refractivity contribution in [2.45, 2.75) is 27.3 Å². The molecule has 0 amide bonds. The highest BCUT2D eigenvalue weighted by Crippen LogP contribution is 2.29. The molecule has 2 aromatic carbocycles. The van der Waals surface area contributed by atoms with Crippen molar-refractivity contribution in [1.29, 1.82) is 0 Å². The van der Waals surface area contributed by atoms with Crippen LogP contribution in [0.5, 0.6) is 17.2 Å². The van der Waals surface area contributed by atoms with Gasteiger partial charge in [0.1, 0.15) is 11.5 Å². The van der Waals surface area contributed by atoms with E-state index in [4.69, 9.17) is 19.9 Å². The molecule has 0 unspecified atom stereocenters. The van der Waals surface area contributed by atoms with Gasteiger partial charge in [-0.2, -0.15) is 0 Å². The predicted molar refractivity (Wildman–Crippen MR) is 105 cm³/mol. The Balaban J connectivity index is 2.10. The van der Waals surface area contributed by atoms with Gasteiger partial charge in [0.15, 0.2) is 17.5 Å². The summed E-state index contributed by atoms with van der Waals surface area (Å²) in [6.45, 7) is 7.34. The molecule has 0 aliphatic carbocycles. The van der Waals surface area contributed by atoms with Gasteiger partial charge in [-0.15, -0.1) is 0 Å². The first-order valence-electron chi connectivity index (χ1n) is 8.95. The fourth-order valence-electron chi connectivity index (χ4n) is 2.41. The molecule has 27 heavy (non-hydrogen) atoms. The minimum absolute atomic E-state index is 0.193. The molecule has 7 heteroatoms. The van der Waals surface area contributed by atoms with E-state index in [0.29, 0.717) is 42.6 Å². The number of hydrogen-bond acceptors (Lipinski definition) is 4. The third kappa shape index (κ3) is 6.06. The number of benzene rings is 2. The molecule has 0 atom stereocenters. The minimum Gasteiger partial charge on any atom is -0.494 e. The van der Waals surface area contributed by atoms with Gasteiger partial charge in [0.2, 0.25) is 0 Å². The van der Waals surface area contributed by atoms with Crippen LogP contribution < -0.4 is 25.3 Å². The molecule has 2 rings (SSSR count). The van der Waals surface area contributed by atoms with Gasteiger partial charge < -0.3 is 25.3 Å². The fraction of sp³-hybridized carbons (Fsp3) is 0.350. The maximum absolute atomic E-state index is 13.9. The SMILES string of the molecule is CCOc1ccc(OCC)c(NC(N)=NCc2ccc(OCC)c(F)c2)c1. The van der Waals surface area contributed by atoms with E-state index in [2.05, 4.69) is 10.3 Å². The summed E-state index contributed by atoms with van der Waals surface area (Å²) < 4.78 is 30.2. The monoisotopic (exact) mass is 375 g/mol. The Hall–Kier alpha value is -2.96.